The van der Waals surface area contributed by atoms with Gasteiger partial charge in [0.1, 0.15) is 18.1 Å². The Morgan fingerprint density at radius 2 is 2.02 bits per heavy atom. The molecule has 9 nitrogen and oxygen atoms in total. The number of aliphatic hydroxyl groups excluding tert-OH is 1. The Labute approximate surface area is 243 Å². The van der Waals surface area contributed by atoms with Crippen LogP contribution in [-0.4, -0.2) is 65.3 Å². The summed E-state index contributed by atoms with van der Waals surface area (Å²) >= 11 is 6.50. The summed E-state index contributed by atoms with van der Waals surface area (Å²) < 4.78 is 10.8. The van der Waals surface area contributed by atoms with Gasteiger partial charge in [0.25, 0.3) is 5.91 Å². The van der Waals surface area contributed by atoms with Crippen LogP contribution in [-0.2, 0) is 34.5 Å². The Morgan fingerprint density at radius 3 is 2.80 bits per heavy atom. The highest BCUT2D eigenvalue weighted by molar-refractivity contribution is 6.32. The molecule has 3 heterocycles. The maximum atomic E-state index is 13.4. The van der Waals surface area contributed by atoms with Crippen LogP contribution >= 0.6 is 11.6 Å². The Hall–Kier alpha value is -3.53. The van der Waals surface area contributed by atoms with E-state index in [0.29, 0.717) is 40.9 Å². The number of hydrogen-bond acceptors (Lipinski definition) is 7. The van der Waals surface area contributed by atoms with Crippen molar-refractivity contribution in [3.8, 4) is 17.0 Å². The molecule has 0 spiro atoms. The first-order chi connectivity index (χ1) is 19.9. The Bertz CT molecular complexity index is 1490. The number of carbonyl (C=O) groups is 2. The van der Waals surface area contributed by atoms with Gasteiger partial charge in [-0.3, -0.25) is 9.59 Å². The van der Waals surface area contributed by atoms with Gasteiger partial charge in [-0.05, 0) is 66.5 Å². The van der Waals surface area contributed by atoms with E-state index >= 15 is 0 Å². The molecular weight excluding hydrogens is 544 g/mol. The number of nitrogens with one attached hydrogen (secondary N) is 1. The third-order valence-corrected chi connectivity index (χ3v) is 8.78. The highest BCUT2D eigenvalue weighted by Gasteiger charge is 2.41. The van der Waals surface area contributed by atoms with Crippen LogP contribution in [0.15, 0.2) is 42.6 Å². The zero-order valence-corrected chi connectivity index (χ0v) is 23.7. The van der Waals surface area contributed by atoms with Gasteiger partial charge in [-0.2, -0.15) is 0 Å². The summed E-state index contributed by atoms with van der Waals surface area (Å²) in [6, 6.07) is 11.3. The fourth-order valence-corrected chi connectivity index (χ4v) is 6.39. The minimum absolute atomic E-state index is 0.118. The number of benzene rings is 2. The van der Waals surface area contributed by atoms with Crippen LogP contribution in [0.2, 0.25) is 5.02 Å². The summed E-state index contributed by atoms with van der Waals surface area (Å²) in [5.41, 5.74) is 3.71. The predicted octanol–water partition coefficient (Wildman–Crippen LogP) is 3.68. The van der Waals surface area contributed by atoms with E-state index in [1.807, 2.05) is 30.3 Å². The number of ether oxygens (including phenoxy) is 2. The third kappa shape index (κ3) is 5.41. The summed E-state index contributed by atoms with van der Waals surface area (Å²) in [7, 11) is 1.59. The lowest BCUT2D eigenvalue weighted by molar-refractivity contribution is -0.124. The molecule has 2 aromatic carbocycles. The fourth-order valence-electron chi connectivity index (χ4n) is 6.19. The molecule has 6 rings (SSSR count). The number of hydrogen-bond donors (Lipinski definition) is 2. The summed E-state index contributed by atoms with van der Waals surface area (Å²) in [4.78, 5) is 37.3. The van der Waals surface area contributed by atoms with Gasteiger partial charge in [0.05, 0.1) is 30.0 Å². The number of aliphatic hydroxyl groups is 1. The molecule has 0 unspecified atom stereocenters. The van der Waals surface area contributed by atoms with E-state index < -0.39 is 5.54 Å². The average molecular weight is 577 g/mol. The first kappa shape index (κ1) is 27.6. The van der Waals surface area contributed by atoms with E-state index in [4.69, 9.17) is 26.1 Å². The van der Waals surface area contributed by atoms with Crippen molar-refractivity contribution in [1.82, 2.24) is 20.2 Å². The quantitative estimate of drug-likeness (QED) is 0.420. The number of halogens is 1. The van der Waals surface area contributed by atoms with Gasteiger partial charge in [0.2, 0.25) is 5.91 Å². The second-order valence-electron chi connectivity index (χ2n) is 11.1. The molecule has 214 valence electrons. The van der Waals surface area contributed by atoms with E-state index in [9.17, 15) is 14.7 Å². The molecule has 3 aliphatic rings. The summed E-state index contributed by atoms with van der Waals surface area (Å²) in [5.74, 6) is 1.32. The van der Waals surface area contributed by atoms with Crippen LogP contribution in [0.4, 0.5) is 0 Å². The molecule has 1 saturated heterocycles. The summed E-state index contributed by atoms with van der Waals surface area (Å²) in [5, 5.41) is 13.8. The maximum absolute atomic E-state index is 13.4. The van der Waals surface area contributed by atoms with Gasteiger partial charge < -0.3 is 24.8 Å². The molecule has 1 aromatic heterocycles. The van der Waals surface area contributed by atoms with Gasteiger partial charge >= 0.3 is 0 Å². The second kappa shape index (κ2) is 11.4. The molecule has 41 heavy (non-hydrogen) atoms. The number of carbonyl (C=O) groups excluding carboxylic acids is 2. The summed E-state index contributed by atoms with van der Waals surface area (Å²) in [6.45, 7) is 1.48. The van der Waals surface area contributed by atoms with Crippen molar-refractivity contribution in [3.05, 3.63) is 75.7 Å². The number of methoxy groups -OCH3 is 1. The normalized spacial score (nSPS) is 20.2. The van der Waals surface area contributed by atoms with Crippen LogP contribution in [0.3, 0.4) is 0 Å². The SMILES string of the molecule is COc1ccc2c(c1)[C@@](CO)(NC(=O)CN1Cc3ccc(-c4nc(CC5CCOCC5)ncc4Cl)cc3C1=O)CC2. The zero-order valence-electron chi connectivity index (χ0n) is 23.0. The van der Waals surface area contributed by atoms with Crippen molar-refractivity contribution in [2.45, 2.75) is 44.2 Å². The lowest BCUT2D eigenvalue weighted by atomic mass is 9.92. The molecule has 2 N–H and O–H groups in total. The highest BCUT2D eigenvalue weighted by atomic mass is 35.5. The molecule has 1 atom stereocenters. The van der Waals surface area contributed by atoms with Crippen LogP contribution in [0.5, 0.6) is 5.75 Å². The van der Waals surface area contributed by atoms with Crippen molar-refractivity contribution in [2.75, 3.05) is 33.5 Å². The van der Waals surface area contributed by atoms with Crippen molar-refractivity contribution in [3.63, 3.8) is 0 Å². The Morgan fingerprint density at radius 1 is 1.22 bits per heavy atom. The molecule has 1 fully saturated rings. The molecular formula is C31H33ClN4O5. The van der Waals surface area contributed by atoms with E-state index in [-0.39, 0.29) is 25.0 Å². The third-order valence-electron chi connectivity index (χ3n) is 8.51. The number of nitrogens with zero attached hydrogens (tertiary/aromatic N) is 3. The van der Waals surface area contributed by atoms with Crippen LogP contribution < -0.4 is 10.1 Å². The molecule has 0 radical (unpaired) electrons. The molecule has 1 aliphatic carbocycles. The van der Waals surface area contributed by atoms with Crippen LogP contribution in [0, 0.1) is 5.92 Å². The van der Waals surface area contributed by atoms with E-state index in [1.54, 1.807) is 19.4 Å². The topological polar surface area (TPSA) is 114 Å². The number of aryl methyl sites for hydroxylation is 1. The average Bonchev–Trinajstić information content (AvgIpc) is 3.50. The van der Waals surface area contributed by atoms with Gasteiger partial charge in [-0.1, -0.05) is 29.8 Å². The van der Waals surface area contributed by atoms with Crippen molar-refractivity contribution < 1.29 is 24.2 Å². The number of aromatic nitrogens is 2. The standard InChI is InChI=1S/C31H33ClN4O5/c1-40-23-5-4-20-6-9-31(18-37,25(20)14-23)35-28(38)17-36-16-22-3-2-21(13-24(22)30(36)39)29-26(32)15-33-27(34-29)12-19-7-10-41-11-8-19/h2-5,13-15,19,37H,6-12,16-18H2,1H3,(H,35,38)/t31-/m1/s1. The molecule has 3 aromatic rings. The van der Waals surface area contributed by atoms with E-state index in [1.165, 1.54) is 4.90 Å². The van der Waals surface area contributed by atoms with Gasteiger partial charge in [-0.15, -0.1) is 0 Å². The lowest BCUT2D eigenvalue weighted by Gasteiger charge is -2.30. The van der Waals surface area contributed by atoms with Gasteiger partial charge in [-0.25, -0.2) is 9.97 Å². The van der Waals surface area contributed by atoms with Crippen LogP contribution in [0.1, 0.15) is 52.1 Å². The lowest BCUT2D eigenvalue weighted by Crippen LogP contribution is -2.50. The predicted molar refractivity (Wildman–Crippen MR) is 153 cm³/mol. The van der Waals surface area contributed by atoms with Gasteiger partial charge in [0.15, 0.2) is 0 Å². The Balaban J connectivity index is 1.16. The molecule has 2 amide bonds. The molecule has 2 aliphatic heterocycles. The summed E-state index contributed by atoms with van der Waals surface area (Å²) in [6.07, 6.45) is 5.66. The maximum Gasteiger partial charge on any atom is 0.254 e. The minimum Gasteiger partial charge on any atom is -0.497 e. The van der Waals surface area contributed by atoms with E-state index in [0.717, 1.165) is 67.0 Å². The van der Waals surface area contributed by atoms with Crippen molar-refractivity contribution in [2.24, 2.45) is 5.92 Å². The molecule has 10 heteroatoms. The monoisotopic (exact) mass is 576 g/mol. The van der Waals surface area contributed by atoms with Crippen molar-refractivity contribution >= 4 is 23.4 Å². The largest absolute Gasteiger partial charge is 0.497 e. The minimum atomic E-state index is -0.907. The molecule has 0 bridgehead atoms. The van der Waals surface area contributed by atoms with Crippen LogP contribution in [0.25, 0.3) is 11.3 Å². The number of amides is 2. The number of fused-ring (bicyclic) bond motifs is 2. The fraction of sp³-hybridized carbons (Fsp3) is 0.419. The van der Waals surface area contributed by atoms with Gasteiger partial charge in [0, 0.05) is 43.5 Å². The zero-order chi connectivity index (χ0) is 28.6. The first-order valence-electron chi connectivity index (χ1n) is 14.0. The number of rotatable bonds is 8. The smallest absolute Gasteiger partial charge is 0.254 e. The second-order valence-corrected chi connectivity index (χ2v) is 11.5. The van der Waals surface area contributed by atoms with E-state index in [2.05, 4.69) is 10.3 Å². The first-order valence-corrected chi connectivity index (χ1v) is 14.4. The molecule has 0 saturated carbocycles. The van der Waals surface area contributed by atoms with Crippen molar-refractivity contribution in [1.29, 1.82) is 0 Å². The highest BCUT2D eigenvalue weighted by Crippen LogP contribution is 2.39. The Kier molecular flexibility index (Phi) is 7.68.